The average Bonchev–Trinajstić information content (AvgIpc) is 2.76. The number of sulfonamides is 1. The van der Waals surface area contributed by atoms with Crippen LogP contribution in [-0.4, -0.2) is 43.2 Å². The topological polar surface area (TPSA) is 122 Å². The van der Waals surface area contributed by atoms with Gasteiger partial charge >= 0.3 is 0 Å². The summed E-state index contributed by atoms with van der Waals surface area (Å²) in [6.07, 6.45) is 2.64. The molecule has 1 heterocycles. The maximum atomic E-state index is 12.9. The Morgan fingerprint density at radius 3 is 2.55 bits per heavy atom. The van der Waals surface area contributed by atoms with Crippen LogP contribution in [0.4, 0.5) is 17.1 Å². The van der Waals surface area contributed by atoms with Crippen LogP contribution in [0.15, 0.2) is 47.4 Å². The zero-order chi connectivity index (χ0) is 22.4. The Bertz CT molecular complexity index is 1070. The Hall–Kier alpha value is -2.69. The zero-order valence-electron chi connectivity index (χ0n) is 16.7. The van der Waals surface area contributed by atoms with Crippen LogP contribution in [0.2, 0.25) is 5.02 Å². The number of nitrogens with zero attached hydrogens (tertiary/aromatic N) is 2. The van der Waals surface area contributed by atoms with E-state index in [-0.39, 0.29) is 34.5 Å². The molecule has 0 atom stereocenters. The van der Waals surface area contributed by atoms with Crippen LogP contribution in [0.25, 0.3) is 0 Å². The molecular formula is C20H23ClN4O5S. The fourth-order valence-corrected chi connectivity index (χ4v) is 5.36. The van der Waals surface area contributed by atoms with Gasteiger partial charge in [-0.1, -0.05) is 30.2 Å². The first-order valence-corrected chi connectivity index (χ1v) is 11.7. The van der Waals surface area contributed by atoms with Crippen molar-refractivity contribution in [2.45, 2.75) is 30.6 Å². The summed E-state index contributed by atoms with van der Waals surface area (Å²) in [6, 6.07) is 10.5. The highest BCUT2D eigenvalue weighted by molar-refractivity contribution is 7.89. The van der Waals surface area contributed by atoms with Crippen molar-refractivity contribution >= 4 is 44.6 Å². The van der Waals surface area contributed by atoms with E-state index in [0.717, 1.165) is 19.3 Å². The molecule has 0 radical (unpaired) electrons. The van der Waals surface area contributed by atoms with E-state index in [1.54, 1.807) is 18.2 Å². The summed E-state index contributed by atoms with van der Waals surface area (Å²) in [5.74, 6) is -0.366. The van der Waals surface area contributed by atoms with Gasteiger partial charge in [-0.3, -0.25) is 14.9 Å². The molecule has 0 bridgehead atoms. The van der Waals surface area contributed by atoms with E-state index in [0.29, 0.717) is 24.5 Å². The van der Waals surface area contributed by atoms with E-state index in [9.17, 15) is 23.3 Å². The average molecular weight is 467 g/mol. The number of carbonyl (C=O) groups excluding carboxylic acids is 1. The van der Waals surface area contributed by atoms with Gasteiger partial charge in [-0.15, -0.1) is 0 Å². The molecule has 2 aromatic rings. The minimum atomic E-state index is -3.74. The molecule has 2 aromatic carbocycles. The monoisotopic (exact) mass is 466 g/mol. The molecule has 11 heteroatoms. The van der Waals surface area contributed by atoms with E-state index in [4.69, 9.17) is 11.6 Å². The zero-order valence-corrected chi connectivity index (χ0v) is 18.3. The van der Waals surface area contributed by atoms with Gasteiger partial charge in [0.15, 0.2) is 0 Å². The molecular weight excluding hydrogens is 444 g/mol. The number of anilines is 2. The van der Waals surface area contributed by atoms with Gasteiger partial charge in [-0.05, 0) is 37.1 Å². The minimum absolute atomic E-state index is 0.0306. The van der Waals surface area contributed by atoms with Crippen molar-refractivity contribution in [3.8, 4) is 0 Å². The van der Waals surface area contributed by atoms with Gasteiger partial charge in [0.1, 0.15) is 10.6 Å². The van der Waals surface area contributed by atoms with Crippen molar-refractivity contribution in [1.82, 2.24) is 4.31 Å². The van der Waals surface area contributed by atoms with Crippen molar-refractivity contribution in [3.05, 3.63) is 57.6 Å². The highest BCUT2D eigenvalue weighted by Crippen LogP contribution is 2.29. The first kappa shape index (κ1) is 23.0. The van der Waals surface area contributed by atoms with Crippen molar-refractivity contribution in [2.75, 3.05) is 30.3 Å². The number of nitrogens with one attached hydrogen (secondary N) is 2. The maximum Gasteiger partial charge on any atom is 0.292 e. The second kappa shape index (κ2) is 10.1. The fraction of sp³-hybridized carbons (Fsp3) is 0.350. The second-order valence-corrected chi connectivity index (χ2v) is 9.42. The predicted molar refractivity (Wildman–Crippen MR) is 119 cm³/mol. The molecule has 1 aliphatic heterocycles. The lowest BCUT2D eigenvalue weighted by Gasteiger charge is -2.26. The van der Waals surface area contributed by atoms with Crippen molar-refractivity contribution in [1.29, 1.82) is 0 Å². The summed E-state index contributed by atoms with van der Waals surface area (Å²) >= 11 is 6.14. The number of piperidine rings is 1. The molecule has 0 unspecified atom stereocenters. The Labute approximate surface area is 185 Å². The van der Waals surface area contributed by atoms with Gasteiger partial charge in [0.25, 0.3) is 5.69 Å². The molecule has 0 saturated carbocycles. The van der Waals surface area contributed by atoms with Crippen LogP contribution in [0.3, 0.4) is 0 Å². The van der Waals surface area contributed by atoms with Crippen molar-refractivity contribution in [2.24, 2.45) is 0 Å². The number of rotatable bonds is 8. The smallest absolute Gasteiger partial charge is 0.292 e. The SMILES string of the molecule is O=C(CCNc1ccccc1[N+](=O)[O-])Nc1ccc(Cl)c(S(=O)(=O)N2CCCCC2)c1. The first-order valence-electron chi connectivity index (χ1n) is 9.86. The van der Waals surface area contributed by atoms with E-state index in [1.807, 2.05) is 0 Å². The van der Waals surface area contributed by atoms with Crippen molar-refractivity contribution in [3.63, 3.8) is 0 Å². The predicted octanol–water partition coefficient (Wildman–Crippen LogP) is 3.86. The van der Waals surface area contributed by atoms with Gasteiger partial charge < -0.3 is 10.6 Å². The summed E-state index contributed by atoms with van der Waals surface area (Å²) in [7, 11) is -3.74. The van der Waals surface area contributed by atoms with Gasteiger partial charge in [-0.25, -0.2) is 8.42 Å². The number of nitro groups is 1. The standard InChI is InChI=1S/C20H23ClN4O5S/c21-16-9-8-15(14-19(16)31(29,30)24-12-4-1-5-13-24)23-20(26)10-11-22-17-6-2-3-7-18(17)25(27)28/h2-3,6-9,14,22H,1,4-5,10-13H2,(H,23,26). The number of hydrogen-bond donors (Lipinski definition) is 2. The van der Waals surface area contributed by atoms with Crippen LogP contribution < -0.4 is 10.6 Å². The number of nitro benzene ring substituents is 1. The maximum absolute atomic E-state index is 12.9. The largest absolute Gasteiger partial charge is 0.379 e. The lowest BCUT2D eigenvalue weighted by molar-refractivity contribution is -0.384. The van der Waals surface area contributed by atoms with Gasteiger partial charge in [0.05, 0.1) is 9.95 Å². The molecule has 3 rings (SSSR count). The van der Waals surface area contributed by atoms with E-state index < -0.39 is 14.9 Å². The molecule has 1 aliphatic rings. The molecule has 0 aromatic heterocycles. The van der Waals surface area contributed by atoms with Gasteiger partial charge in [0.2, 0.25) is 15.9 Å². The second-order valence-electron chi connectivity index (χ2n) is 7.11. The number of hydrogen-bond acceptors (Lipinski definition) is 6. The molecule has 0 aliphatic carbocycles. The lowest BCUT2D eigenvalue weighted by Crippen LogP contribution is -2.35. The molecule has 31 heavy (non-hydrogen) atoms. The van der Waals surface area contributed by atoms with E-state index >= 15 is 0 Å². The van der Waals surface area contributed by atoms with Crippen LogP contribution >= 0.6 is 11.6 Å². The molecule has 1 saturated heterocycles. The quantitative estimate of drug-likeness (QED) is 0.450. The molecule has 1 amide bonds. The molecule has 2 N–H and O–H groups in total. The third-order valence-corrected chi connectivity index (χ3v) is 7.30. The Morgan fingerprint density at radius 2 is 1.84 bits per heavy atom. The highest BCUT2D eigenvalue weighted by atomic mass is 35.5. The highest BCUT2D eigenvalue weighted by Gasteiger charge is 2.28. The van der Waals surface area contributed by atoms with Crippen LogP contribution in [-0.2, 0) is 14.8 Å². The fourth-order valence-electron chi connectivity index (χ4n) is 3.34. The lowest BCUT2D eigenvalue weighted by atomic mass is 10.2. The minimum Gasteiger partial charge on any atom is -0.379 e. The summed E-state index contributed by atoms with van der Waals surface area (Å²) in [6.45, 7) is 1.07. The number of benzene rings is 2. The van der Waals surface area contributed by atoms with Crippen LogP contribution in [0, 0.1) is 10.1 Å². The number of halogens is 1. The van der Waals surface area contributed by atoms with Crippen LogP contribution in [0.5, 0.6) is 0 Å². The molecule has 1 fully saturated rings. The molecule has 0 spiro atoms. The normalized spacial score (nSPS) is 14.7. The molecule has 9 nitrogen and oxygen atoms in total. The third-order valence-electron chi connectivity index (χ3n) is 4.92. The number of amides is 1. The van der Waals surface area contributed by atoms with Gasteiger partial charge in [-0.2, -0.15) is 4.31 Å². The number of para-hydroxylation sites is 2. The Balaban J connectivity index is 1.63. The van der Waals surface area contributed by atoms with E-state index in [2.05, 4.69) is 10.6 Å². The Morgan fingerprint density at radius 1 is 1.13 bits per heavy atom. The summed E-state index contributed by atoms with van der Waals surface area (Å²) in [4.78, 5) is 22.8. The number of carbonyl (C=O) groups is 1. The summed E-state index contributed by atoms with van der Waals surface area (Å²) in [5.41, 5.74) is 0.561. The first-order chi connectivity index (χ1) is 14.8. The van der Waals surface area contributed by atoms with Crippen molar-refractivity contribution < 1.29 is 18.1 Å². The Kier molecular flexibility index (Phi) is 7.47. The van der Waals surface area contributed by atoms with Gasteiger partial charge in [0, 0.05) is 37.8 Å². The molecule has 166 valence electrons. The summed E-state index contributed by atoms with van der Waals surface area (Å²) < 4.78 is 27.3. The van der Waals surface area contributed by atoms with E-state index in [1.165, 1.54) is 28.6 Å². The van der Waals surface area contributed by atoms with Crippen LogP contribution in [0.1, 0.15) is 25.7 Å². The third kappa shape index (κ3) is 5.72. The summed E-state index contributed by atoms with van der Waals surface area (Å²) in [5, 5.41) is 16.7.